The second-order valence-electron chi connectivity index (χ2n) is 3.62. The Hall–Kier alpha value is -2.21. The van der Waals surface area contributed by atoms with Crippen LogP contribution in [0.3, 0.4) is 0 Å². The highest BCUT2D eigenvalue weighted by molar-refractivity contribution is 6.29. The van der Waals surface area contributed by atoms with E-state index in [9.17, 15) is 4.39 Å². The standard InChI is InChI=1S/C11H7ClFN5/c12-8-3-2-7-10(17-8)18(11(14)16-7)9-4-1-6(13)5-15-9/h1-5H,(H2,14,16). The van der Waals surface area contributed by atoms with Gasteiger partial charge in [0.25, 0.3) is 0 Å². The molecule has 0 saturated carbocycles. The molecule has 3 rings (SSSR count). The Morgan fingerprint density at radius 1 is 1.17 bits per heavy atom. The van der Waals surface area contributed by atoms with E-state index in [-0.39, 0.29) is 5.95 Å². The summed E-state index contributed by atoms with van der Waals surface area (Å²) in [6.45, 7) is 0. The maximum Gasteiger partial charge on any atom is 0.208 e. The summed E-state index contributed by atoms with van der Waals surface area (Å²) in [5.41, 5.74) is 6.89. The number of fused-ring (bicyclic) bond motifs is 1. The number of nitrogens with zero attached hydrogens (tertiary/aromatic N) is 4. The Balaban J connectivity index is 2.30. The summed E-state index contributed by atoms with van der Waals surface area (Å²) in [6.07, 6.45) is 1.10. The van der Waals surface area contributed by atoms with Crippen molar-refractivity contribution < 1.29 is 4.39 Å². The van der Waals surface area contributed by atoms with E-state index in [1.54, 1.807) is 12.1 Å². The summed E-state index contributed by atoms with van der Waals surface area (Å²) >= 11 is 5.84. The van der Waals surface area contributed by atoms with Crippen molar-refractivity contribution in [2.75, 3.05) is 5.73 Å². The minimum atomic E-state index is -0.423. The second-order valence-corrected chi connectivity index (χ2v) is 4.00. The van der Waals surface area contributed by atoms with Crippen molar-refractivity contribution in [1.82, 2.24) is 19.5 Å². The maximum atomic E-state index is 12.9. The van der Waals surface area contributed by atoms with E-state index in [2.05, 4.69) is 15.0 Å². The molecule has 0 fully saturated rings. The summed E-state index contributed by atoms with van der Waals surface area (Å²) in [6, 6.07) is 6.12. The molecule has 0 unspecified atom stereocenters. The molecule has 0 atom stereocenters. The summed E-state index contributed by atoms with van der Waals surface area (Å²) in [5, 5.41) is 0.325. The molecular formula is C11H7ClFN5. The van der Waals surface area contributed by atoms with Gasteiger partial charge in [-0.1, -0.05) is 11.6 Å². The van der Waals surface area contributed by atoms with Crippen molar-refractivity contribution in [3.8, 4) is 5.82 Å². The number of aromatic nitrogens is 4. The lowest BCUT2D eigenvalue weighted by atomic mass is 10.4. The Morgan fingerprint density at radius 3 is 2.72 bits per heavy atom. The molecule has 0 radical (unpaired) electrons. The van der Waals surface area contributed by atoms with Gasteiger partial charge in [0.2, 0.25) is 5.95 Å². The lowest BCUT2D eigenvalue weighted by molar-refractivity contribution is 0.620. The molecule has 18 heavy (non-hydrogen) atoms. The van der Waals surface area contributed by atoms with Gasteiger partial charge < -0.3 is 5.73 Å². The monoisotopic (exact) mass is 263 g/mol. The molecule has 3 aromatic rings. The van der Waals surface area contributed by atoms with Gasteiger partial charge in [-0.3, -0.25) is 0 Å². The van der Waals surface area contributed by atoms with Crippen molar-refractivity contribution >= 4 is 28.7 Å². The minimum Gasteiger partial charge on any atom is -0.369 e. The third-order valence-corrected chi connectivity index (χ3v) is 2.65. The van der Waals surface area contributed by atoms with Gasteiger partial charge in [0.1, 0.15) is 22.3 Å². The molecule has 90 valence electrons. The molecule has 0 amide bonds. The first-order chi connectivity index (χ1) is 8.65. The molecule has 0 aliphatic carbocycles. The number of imidazole rings is 1. The normalized spacial score (nSPS) is 11.0. The number of hydrogen-bond donors (Lipinski definition) is 1. The van der Waals surface area contributed by atoms with Crippen LogP contribution >= 0.6 is 11.6 Å². The molecule has 7 heteroatoms. The molecule has 0 aromatic carbocycles. The van der Waals surface area contributed by atoms with Crippen LogP contribution in [0.15, 0.2) is 30.5 Å². The highest BCUT2D eigenvalue weighted by Gasteiger charge is 2.12. The predicted molar refractivity (Wildman–Crippen MR) is 66.0 cm³/mol. The number of pyridine rings is 2. The number of anilines is 1. The molecule has 2 N–H and O–H groups in total. The van der Waals surface area contributed by atoms with Crippen molar-refractivity contribution in [3.05, 3.63) is 41.4 Å². The quantitative estimate of drug-likeness (QED) is 0.683. The Kier molecular flexibility index (Phi) is 2.38. The van der Waals surface area contributed by atoms with Crippen LogP contribution < -0.4 is 5.73 Å². The fraction of sp³-hybridized carbons (Fsp3) is 0. The smallest absolute Gasteiger partial charge is 0.208 e. The van der Waals surface area contributed by atoms with Crippen LogP contribution in [0.1, 0.15) is 0 Å². The van der Waals surface area contributed by atoms with Crippen LogP contribution in [0.4, 0.5) is 10.3 Å². The van der Waals surface area contributed by atoms with E-state index < -0.39 is 5.82 Å². The largest absolute Gasteiger partial charge is 0.369 e. The first-order valence-corrected chi connectivity index (χ1v) is 5.45. The Bertz CT molecular complexity index is 722. The fourth-order valence-electron chi connectivity index (χ4n) is 1.68. The number of nitrogens with two attached hydrogens (primary N) is 1. The lowest BCUT2D eigenvalue weighted by Crippen LogP contribution is -2.03. The van der Waals surface area contributed by atoms with E-state index in [1.807, 2.05) is 0 Å². The highest BCUT2D eigenvalue weighted by Crippen LogP contribution is 2.21. The second kappa shape index (κ2) is 3.92. The van der Waals surface area contributed by atoms with Gasteiger partial charge in [0.05, 0.1) is 6.20 Å². The number of hydrogen-bond acceptors (Lipinski definition) is 4. The third kappa shape index (κ3) is 1.67. The SMILES string of the molecule is Nc1nc2ccc(Cl)nc2n1-c1ccc(F)cn1. The molecule has 0 bridgehead atoms. The number of halogens is 2. The van der Waals surface area contributed by atoms with Crippen LogP contribution in [0.25, 0.3) is 17.0 Å². The van der Waals surface area contributed by atoms with Crippen LogP contribution in [-0.4, -0.2) is 19.5 Å². The Labute approximate surface area is 106 Å². The zero-order chi connectivity index (χ0) is 12.7. The predicted octanol–water partition coefficient (Wildman–Crippen LogP) is 2.19. The highest BCUT2D eigenvalue weighted by atomic mass is 35.5. The van der Waals surface area contributed by atoms with Crippen LogP contribution in [0, 0.1) is 5.82 Å². The van der Waals surface area contributed by atoms with E-state index in [1.165, 1.54) is 16.7 Å². The van der Waals surface area contributed by atoms with E-state index >= 15 is 0 Å². The fourth-order valence-corrected chi connectivity index (χ4v) is 1.82. The first kappa shape index (κ1) is 10.9. The van der Waals surface area contributed by atoms with Crippen LogP contribution in [0.2, 0.25) is 5.15 Å². The zero-order valence-electron chi connectivity index (χ0n) is 9.01. The van der Waals surface area contributed by atoms with E-state index in [0.29, 0.717) is 22.1 Å². The summed E-state index contributed by atoms with van der Waals surface area (Å²) in [5.74, 6) is 0.234. The zero-order valence-corrected chi connectivity index (χ0v) is 9.76. The molecule has 0 saturated heterocycles. The molecule has 0 aliphatic heterocycles. The van der Waals surface area contributed by atoms with Crippen molar-refractivity contribution in [2.45, 2.75) is 0 Å². The van der Waals surface area contributed by atoms with Gasteiger partial charge in [-0.05, 0) is 24.3 Å². The van der Waals surface area contributed by atoms with E-state index in [4.69, 9.17) is 17.3 Å². The maximum absolute atomic E-state index is 12.9. The summed E-state index contributed by atoms with van der Waals surface area (Å²) < 4.78 is 14.4. The molecule has 3 heterocycles. The summed E-state index contributed by atoms with van der Waals surface area (Å²) in [7, 11) is 0. The number of rotatable bonds is 1. The average Bonchev–Trinajstić information content (AvgIpc) is 2.66. The molecule has 0 aliphatic rings. The Morgan fingerprint density at radius 2 is 2.00 bits per heavy atom. The van der Waals surface area contributed by atoms with Crippen LogP contribution in [-0.2, 0) is 0 Å². The number of nitrogen functional groups attached to an aromatic ring is 1. The lowest BCUT2D eigenvalue weighted by Gasteiger charge is -2.04. The molecule has 3 aromatic heterocycles. The van der Waals surface area contributed by atoms with Gasteiger partial charge >= 0.3 is 0 Å². The van der Waals surface area contributed by atoms with Crippen LogP contribution in [0.5, 0.6) is 0 Å². The topological polar surface area (TPSA) is 69.6 Å². The molecular weight excluding hydrogens is 257 g/mol. The first-order valence-electron chi connectivity index (χ1n) is 5.07. The average molecular weight is 264 g/mol. The van der Waals surface area contributed by atoms with E-state index in [0.717, 1.165) is 6.20 Å². The van der Waals surface area contributed by atoms with Crippen molar-refractivity contribution in [2.24, 2.45) is 0 Å². The van der Waals surface area contributed by atoms with Gasteiger partial charge in [-0.15, -0.1) is 0 Å². The third-order valence-electron chi connectivity index (χ3n) is 2.44. The van der Waals surface area contributed by atoms with Crippen molar-refractivity contribution in [3.63, 3.8) is 0 Å². The molecule has 0 spiro atoms. The summed E-state index contributed by atoms with van der Waals surface area (Å²) in [4.78, 5) is 12.2. The molecule has 5 nitrogen and oxygen atoms in total. The van der Waals surface area contributed by atoms with Crippen molar-refractivity contribution in [1.29, 1.82) is 0 Å². The van der Waals surface area contributed by atoms with Gasteiger partial charge in [0, 0.05) is 0 Å². The van der Waals surface area contributed by atoms with Gasteiger partial charge in [0.15, 0.2) is 5.65 Å². The van der Waals surface area contributed by atoms with Gasteiger partial charge in [-0.2, -0.15) is 0 Å². The van der Waals surface area contributed by atoms with Gasteiger partial charge in [-0.25, -0.2) is 23.9 Å². The minimum absolute atomic E-state index is 0.221.